The van der Waals surface area contributed by atoms with Crippen molar-refractivity contribution in [2.45, 2.75) is 19.9 Å². The molecule has 1 amide bonds. The van der Waals surface area contributed by atoms with Crippen LogP contribution in [0.1, 0.15) is 12.0 Å². The summed E-state index contributed by atoms with van der Waals surface area (Å²) in [5.41, 5.74) is 1.52. The van der Waals surface area contributed by atoms with Gasteiger partial charge in [-0.05, 0) is 18.6 Å². The molecule has 0 aliphatic carbocycles. The Morgan fingerprint density at radius 1 is 1.16 bits per heavy atom. The Balaban J connectivity index is 1.83. The molecule has 2 heterocycles. The van der Waals surface area contributed by atoms with Crippen LogP contribution in [0.15, 0.2) is 40.2 Å². The Labute approximate surface area is 143 Å². The maximum Gasteiger partial charge on any atom is 0.332 e. The first-order chi connectivity index (χ1) is 11.9. The summed E-state index contributed by atoms with van der Waals surface area (Å²) in [6.45, 7) is 2.21. The van der Waals surface area contributed by atoms with Crippen LogP contribution in [0.25, 0.3) is 11.2 Å². The minimum Gasteiger partial charge on any atom is -0.326 e. The van der Waals surface area contributed by atoms with E-state index in [0.717, 1.165) is 15.8 Å². The van der Waals surface area contributed by atoms with Gasteiger partial charge in [0.1, 0.15) is 0 Å². The minimum atomic E-state index is -0.431. The summed E-state index contributed by atoms with van der Waals surface area (Å²) in [5.74, 6) is -0.155. The van der Waals surface area contributed by atoms with Gasteiger partial charge in [-0.3, -0.25) is 18.7 Å². The van der Waals surface area contributed by atoms with Gasteiger partial charge in [-0.1, -0.05) is 18.2 Å². The molecule has 0 unspecified atom stereocenters. The molecule has 0 spiro atoms. The Bertz CT molecular complexity index is 1070. The van der Waals surface area contributed by atoms with Crippen LogP contribution >= 0.6 is 0 Å². The normalized spacial score (nSPS) is 11.0. The summed E-state index contributed by atoms with van der Waals surface area (Å²) in [7, 11) is 2.98. The third-order valence-corrected chi connectivity index (χ3v) is 4.22. The summed E-state index contributed by atoms with van der Waals surface area (Å²) in [6, 6.07) is 7.52. The number of nitrogens with one attached hydrogen (secondary N) is 1. The molecule has 0 saturated carbocycles. The number of benzene rings is 1. The molecular weight excluding hydrogens is 322 g/mol. The van der Waals surface area contributed by atoms with E-state index in [1.165, 1.54) is 17.9 Å². The Morgan fingerprint density at radius 2 is 1.88 bits per heavy atom. The first-order valence-electron chi connectivity index (χ1n) is 7.86. The number of carbonyl (C=O) groups is 1. The first kappa shape index (κ1) is 16.7. The fourth-order valence-electron chi connectivity index (χ4n) is 2.71. The molecule has 1 aromatic carbocycles. The van der Waals surface area contributed by atoms with Gasteiger partial charge in [0.15, 0.2) is 11.2 Å². The Morgan fingerprint density at radius 3 is 2.60 bits per heavy atom. The van der Waals surface area contributed by atoms with Crippen molar-refractivity contribution in [2.24, 2.45) is 14.1 Å². The van der Waals surface area contributed by atoms with Crippen molar-refractivity contribution in [3.63, 3.8) is 0 Å². The van der Waals surface area contributed by atoms with Gasteiger partial charge in [0.2, 0.25) is 5.91 Å². The number of aryl methyl sites for hydroxylation is 3. The number of aromatic nitrogens is 4. The summed E-state index contributed by atoms with van der Waals surface area (Å²) in [6.07, 6.45) is 1.67. The van der Waals surface area contributed by atoms with Gasteiger partial charge in [0.25, 0.3) is 5.56 Å². The van der Waals surface area contributed by atoms with Crippen LogP contribution in [0, 0.1) is 6.92 Å². The Hall–Kier alpha value is -3.16. The lowest BCUT2D eigenvalue weighted by atomic mass is 10.2. The number of carbonyl (C=O) groups excluding carboxylic acids is 1. The summed E-state index contributed by atoms with van der Waals surface area (Å²) in [4.78, 5) is 40.6. The predicted molar refractivity (Wildman–Crippen MR) is 94.6 cm³/mol. The molecule has 130 valence electrons. The van der Waals surface area contributed by atoms with E-state index in [4.69, 9.17) is 0 Å². The molecule has 0 aliphatic heterocycles. The van der Waals surface area contributed by atoms with Crippen molar-refractivity contribution in [1.82, 2.24) is 18.7 Å². The molecule has 2 aromatic heterocycles. The molecule has 3 rings (SSSR count). The number of nitrogens with zero attached hydrogens (tertiary/aromatic N) is 4. The van der Waals surface area contributed by atoms with Crippen molar-refractivity contribution >= 4 is 22.8 Å². The summed E-state index contributed by atoms with van der Waals surface area (Å²) < 4.78 is 3.96. The third-order valence-electron chi connectivity index (χ3n) is 4.22. The van der Waals surface area contributed by atoms with Crippen LogP contribution in [-0.2, 0) is 25.4 Å². The van der Waals surface area contributed by atoms with E-state index in [1.807, 2.05) is 31.2 Å². The molecule has 1 N–H and O–H groups in total. The lowest BCUT2D eigenvalue weighted by Gasteiger charge is -2.09. The quantitative estimate of drug-likeness (QED) is 0.759. The standard InChI is InChI=1S/C17H19N5O3/c1-11-6-4-5-7-12(11)19-13(23)8-9-22-10-18-15-14(22)16(24)21(3)17(25)20(15)2/h4-7,10H,8-9H2,1-3H3,(H,19,23). The molecule has 8 heteroatoms. The lowest BCUT2D eigenvalue weighted by molar-refractivity contribution is -0.116. The van der Waals surface area contributed by atoms with Gasteiger partial charge in [-0.2, -0.15) is 0 Å². The zero-order chi connectivity index (χ0) is 18.1. The van der Waals surface area contributed by atoms with E-state index < -0.39 is 11.2 Å². The van der Waals surface area contributed by atoms with Gasteiger partial charge in [0.05, 0.1) is 6.33 Å². The van der Waals surface area contributed by atoms with Gasteiger partial charge in [-0.15, -0.1) is 0 Å². The van der Waals surface area contributed by atoms with Gasteiger partial charge < -0.3 is 9.88 Å². The van der Waals surface area contributed by atoms with E-state index in [9.17, 15) is 14.4 Å². The van der Waals surface area contributed by atoms with Crippen LogP contribution in [0.3, 0.4) is 0 Å². The van der Waals surface area contributed by atoms with Gasteiger partial charge in [-0.25, -0.2) is 9.78 Å². The number of fused-ring (bicyclic) bond motifs is 1. The molecule has 0 radical (unpaired) electrons. The van der Waals surface area contributed by atoms with E-state index in [2.05, 4.69) is 10.3 Å². The first-order valence-corrected chi connectivity index (χ1v) is 7.86. The summed E-state index contributed by atoms with van der Waals surface area (Å²) >= 11 is 0. The molecule has 3 aromatic rings. The number of hydrogen-bond acceptors (Lipinski definition) is 4. The number of imidazole rings is 1. The fourth-order valence-corrected chi connectivity index (χ4v) is 2.71. The van der Waals surface area contributed by atoms with Gasteiger partial charge in [0, 0.05) is 32.7 Å². The van der Waals surface area contributed by atoms with E-state index in [0.29, 0.717) is 17.7 Å². The molecule has 0 fully saturated rings. The minimum absolute atomic E-state index is 0.155. The van der Waals surface area contributed by atoms with Crippen molar-refractivity contribution in [1.29, 1.82) is 0 Å². The highest BCUT2D eigenvalue weighted by Gasteiger charge is 2.15. The lowest BCUT2D eigenvalue weighted by Crippen LogP contribution is -2.37. The van der Waals surface area contributed by atoms with Crippen LogP contribution in [0.5, 0.6) is 0 Å². The van der Waals surface area contributed by atoms with Crippen LogP contribution in [-0.4, -0.2) is 24.6 Å². The van der Waals surface area contributed by atoms with E-state index in [-0.39, 0.29) is 12.3 Å². The number of rotatable bonds is 4. The molecule has 8 nitrogen and oxygen atoms in total. The number of para-hydroxylation sites is 1. The number of hydrogen-bond donors (Lipinski definition) is 1. The van der Waals surface area contributed by atoms with Crippen LogP contribution < -0.4 is 16.6 Å². The molecule has 0 atom stereocenters. The number of anilines is 1. The SMILES string of the molecule is Cc1ccccc1NC(=O)CCn1cnc2c1c(=O)n(C)c(=O)n2C. The third kappa shape index (κ3) is 2.98. The second-order valence-electron chi connectivity index (χ2n) is 5.93. The molecular formula is C17H19N5O3. The number of amides is 1. The average molecular weight is 341 g/mol. The van der Waals surface area contributed by atoms with Crippen molar-refractivity contribution in [3.05, 3.63) is 57.0 Å². The van der Waals surface area contributed by atoms with Crippen molar-refractivity contribution in [2.75, 3.05) is 5.32 Å². The van der Waals surface area contributed by atoms with E-state index >= 15 is 0 Å². The highest BCUT2D eigenvalue weighted by Crippen LogP contribution is 2.13. The second kappa shape index (κ2) is 6.39. The highest BCUT2D eigenvalue weighted by molar-refractivity contribution is 5.91. The van der Waals surface area contributed by atoms with Crippen LogP contribution in [0.4, 0.5) is 5.69 Å². The monoisotopic (exact) mass is 341 g/mol. The van der Waals surface area contributed by atoms with Crippen LogP contribution in [0.2, 0.25) is 0 Å². The zero-order valence-electron chi connectivity index (χ0n) is 14.3. The highest BCUT2D eigenvalue weighted by atomic mass is 16.2. The molecule has 0 saturated heterocycles. The van der Waals surface area contributed by atoms with Crippen molar-refractivity contribution < 1.29 is 4.79 Å². The topological polar surface area (TPSA) is 90.9 Å². The second-order valence-corrected chi connectivity index (χ2v) is 5.93. The van der Waals surface area contributed by atoms with Gasteiger partial charge >= 0.3 is 5.69 Å². The largest absolute Gasteiger partial charge is 0.332 e. The van der Waals surface area contributed by atoms with Crippen molar-refractivity contribution in [3.8, 4) is 0 Å². The molecule has 0 bridgehead atoms. The smallest absolute Gasteiger partial charge is 0.326 e. The maximum absolute atomic E-state index is 12.4. The Kier molecular flexibility index (Phi) is 4.26. The molecule has 0 aliphatic rings. The predicted octanol–water partition coefficient (Wildman–Crippen LogP) is 0.771. The molecule has 25 heavy (non-hydrogen) atoms. The summed E-state index contributed by atoms with van der Waals surface area (Å²) in [5, 5.41) is 2.86. The zero-order valence-corrected chi connectivity index (χ0v) is 14.3. The maximum atomic E-state index is 12.4. The fraction of sp³-hybridized carbons (Fsp3) is 0.294. The van der Waals surface area contributed by atoms with E-state index in [1.54, 1.807) is 11.6 Å². The average Bonchev–Trinajstić information content (AvgIpc) is 3.02.